The standard InChI is InChI=1S/C24H31N11O2/c1-6-27-21(22(25)26-3)24(37)28-13-18-12-17-9-7-8-16(2)20(17)30-23(18)34(5)11-10-33(4)19(36)14-35-15-29-31-32-35/h6-9,12,15H,3,10-11,13-14,25H2,1-2,4-5H3,(H,28,37)/b22-21-,27-6?. The number of tetrazole rings is 1. The SMILES string of the molecule is C=N/C(N)=C(\N=CC)C(=O)NCc1cc2cccc(C)c2nc1N(C)CCN(C)C(=O)Cn1cnnn1. The average molecular weight is 506 g/mol. The van der Waals surface area contributed by atoms with Gasteiger partial charge in [-0.1, -0.05) is 18.2 Å². The predicted octanol–water partition coefficient (Wildman–Crippen LogP) is 0.660. The quantitative estimate of drug-likeness (QED) is 0.284. The topological polar surface area (TPSA) is 160 Å². The van der Waals surface area contributed by atoms with E-state index in [1.165, 1.54) is 17.2 Å². The number of amides is 2. The van der Waals surface area contributed by atoms with Crippen molar-refractivity contribution in [2.24, 2.45) is 15.7 Å². The first-order valence-corrected chi connectivity index (χ1v) is 11.5. The van der Waals surface area contributed by atoms with Crippen molar-refractivity contribution >= 4 is 41.5 Å². The summed E-state index contributed by atoms with van der Waals surface area (Å²) in [6.45, 7) is 8.22. The molecule has 0 saturated carbocycles. The molecule has 3 N–H and O–H groups in total. The Morgan fingerprint density at radius 1 is 1.27 bits per heavy atom. The first-order valence-electron chi connectivity index (χ1n) is 11.5. The van der Waals surface area contributed by atoms with E-state index in [1.807, 2.05) is 43.1 Å². The van der Waals surface area contributed by atoms with E-state index in [0.717, 1.165) is 22.0 Å². The third-order valence-corrected chi connectivity index (χ3v) is 5.68. The number of rotatable bonds is 11. The smallest absolute Gasteiger partial charge is 0.273 e. The Kier molecular flexibility index (Phi) is 8.97. The van der Waals surface area contributed by atoms with Crippen molar-refractivity contribution in [3.63, 3.8) is 0 Å². The number of nitrogens with zero attached hydrogens (tertiary/aromatic N) is 9. The van der Waals surface area contributed by atoms with Gasteiger partial charge in [0.15, 0.2) is 11.5 Å². The molecule has 0 atom stereocenters. The molecule has 194 valence electrons. The van der Waals surface area contributed by atoms with Crippen LogP contribution < -0.4 is 16.0 Å². The number of para-hydroxylation sites is 1. The van der Waals surface area contributed by atoms with Crippen LogP contribution in [0.2, 0.25) is 0 Å². The lowest BCUT2D eigenvalue weighted by atomic mass is 10.1. The predicted molar refractivity (Wildman–Crippen MR) is 142 cm³/mol. The minimum atomic E-state index is -0.478. The third kappa shape index (κ3) is 6.72. The van der Waals surface area contributed by atoms with Gasteiger partial charge in [-0.2, -0.15) is 0 Å². The summed E-state index contributed by atoms with van der Waals surface area (Å²) in [7, 11) is 3.61. The molecule has 0 aliphatic heterocycles. The van der Waals surface area contributed by atoms with Gasteiger partial charge >= 0.3 is 0 Å². The summed E-state index contributed by atoms with van der Waals surface area (Å²) in [6.07, 6.45) is 2.86. The van der Waals surface area contributed by atoms with Crippen LogP contribution in [0.5, 0.6) is 0 Å². The zero-order chi connectivity index (χ0) is 26.9. The highest BCUT2D eigenvalue weighted by Crippen LogP contribution is 2.25. The number of aromatic nitrogens is 5. The summed E-state index contributed by atoms with van der Waals surface area (Å²) in [6, 6.07) is 7.93. The minimum absolute atomic E-state index is 0.0142. The van der Waals surface area contributed by atoms with Crippen LogP contribution in [0.4, 0.5) is 5.82 Å². The molecule has 2 amide bonds. The number of nitrogens with one attached hydrogen (secondary N) is 1. The fourth-order valence-corrected chi connectivity index (χ4v) is 3.59. The van der Waals surface area contributed by atoms with Gasteiger partial charge in [-0.05, 0) is 42.6 Å². The molecule has 0 spiro atoms. The van der Waals surface area contributed by atoms with Gasteiger partial charge in [0.05, 0.1) is 5.52 Å². The fraction of sp³-hybridized carbons (Fsp3) is 0.333. The van der Waals surface area contributed by atoms with Crippen molar-refractivity contribution in [1.29, 1.82) is 0 Å². The lowest BCUT2D eigenvalue weighted by molar-refractivity contribution is -0.130. The molecule has 0 aliphatic rings. The molecule has 2 aromatic heterocycles. The number of hydrogen-bond acceptors (Lipinski definition) is 10. The molecule has 0 aliphatic carbocycles. The Hall–Kier alpha value is -4.68. The monoisotopic (exact) mass is 505 g/mol. The largest absolute Gasteiger partial charge is 0.382 e. The maximum atomic E-state index is 12.8. The summed E-state index contributed by atoms with van der Waals surface area (Å²) < 4.78 is 1.37. The zero-order valence-corrected chi connectivity index (χ0v) is 21.4. The van der Waals surface area contributed by atoms with E-state index >= 15 is 0 Å². The van der Waals surface area contributed by atoms with Crippen LogP contribution in [0.15, 0.2) is 52.1 Å². The summed E-state index contributed by atoms with van der Waals surface area (Å²) in [4.78, 5) is 41.4. The molecule has 1 aromatic carbocycles. The number of carbonyl (C=O) groups is 2. The number of fused-ring (bicyclic) bond motifs is 1. The zero-order valence-electron chi connectivity index (χ0n) is 21.4. The number of pyridine rings is 1. The van der Waals surface area contributed by atoms with Crippen LogP contribution in [0.3, 0.4) is 0 Å². The van der Waals surface area contributed by atoms with Gasteiger partial charge < -0.3 is 20.9 Å². The molecule has 0 unspecified atom stereocenters. The number of benzene rings is 1. The second-order valence-corrected chi connectivity index (χ2v) is 8.32. The number of hydrogen-bond donors (Lipinski definition) is 2. The van der Waals surface area contributed by atoms with E-state index < -0.39 is 5.91 Å². The van der Waals surface area contributed by atoms with E-state index in [1.54, 1.807) is 18.9 Å². The molecule has 0 radical (unpaired) electrons. The summed E-state index contributed by atoms with van der Waals surface area (Å²) in [5, 5.41) is 14.6. The van der Waals surface area contributed by atoms with Crippen molar-refractivity contribution in [1.82, 2.24) is 35.4 Å². The molecule has 37 heavy (non-hydrogen) atoms. The van der Waals surface area contributed by atoms with Gasteiger partial charge in [-0.15, -0.1) is 5.10 Å². The molecule has 3 aromatic rings. The Morgan fingerprint density at radius 3 is 2.73 bits per heavy atom. The Balaban J connectivity index is 1.81. The number of anilines is 1. The van der Waals surface area contributed by atoms with Gasteiger partial charge in [0.25, 0.3) is 5.91 Å². The van der Waals surface area contributed by atoms with Gasteiger partial charge in [-0.3, -0.25) is 14.6 Å². The molecular weight excluding hydrogens is 474 g/mol. The first-order chi connectivity index (χ1) is 17.7. The number of nitrogens with two attached hydrogens (primary N) is 1. The van der Waals surface area contributed by atoms with Crippen molar-refractivity contribution in [2.75, 3.05) is 32.1 Å². The maximum absolute atomic E-state index is 12.8. The van der Waals surface area contributed by atoms with E-state index in [2.05, 4.69) is 37.5 Å². The summed E-state index contributed by atoms with van der Waals surface area (Å²) in [5.74, 6) is 0.0194. The van der Waals surface area contributed by atoms with Gasteiger partial charge in [-0.25, -0.2) is 14.7 Å². The molecule has 2 heterocycles. The molecule has 13 nitrogen and oxygen atoms in total. The number of likely N-dealkylation sites (N-methyl/N-ethyl adjacent to an activating group) is 2. The van der Waals surface area contributed by atoms with Crippen LogP contribution in [0.25, 0.3) is 10.9 Å². The highest BCUT2D eigenvalue weighted by molar-refractivity contribution is 5.95. The molecule has 0 fully saturated rings. The Bertz CT molecular complexity index is 1330. The molecule has 3 rings (SSSR count). The van der Waals surface area contributed by atoms with Crippen molar-refractivity contribution in [3.8, 4) is 0 Å². The fourth-order valence-electron chi connectivity index (χ4n) is 3.59. The average Bonchev–Trinajstić information content (AvgIpc) is 3.41. The van der Waals surface area contributed by atoms with Crippen molar-refractivity contribution in [2.45, 2.75) is 26.9 Å². The maximum Gasteiger partial charge on any atom is 0.273 e. The van der Waals surface area contributed by atoms with E-state index in [9.17, 15) is 9.59 Å². The Morgan fingerprint density at radius 2 is 2.05 bits per heavy atom. The van der Waals surface area contributed by atoms with Crippen LogP contribution in [-0.4, -0.2) is 82.0 Å². The lowest BCUT2D eigenvalue weighted by Gasteiger charge is -2.25. The van der Waals surface area contributed by atoms with Gasteiger partial charge in [0.1, 0.15) is 18.7 Å². The van der Waals surface area contributed by atoms with Crippen molar-refractivity contribution in [3.05, 3.63) is 53.2 Å². The van der Waals surface area contributed by atoms with Crippen LogP contribution in [0, 0.1) is 6.92 Å². The number of aryl methyl sites for hydroxylation is 1. The van der Waals surface area contributed by atoms with Crippen molar-refractivity contribution < 1.29 is 9.59 Å². The van der Waals surface area contributed by atoms with Crippen LogP contribution >= 0.6 is 0 Å². The van der Waals surface area contributed by atoms with Crippen LogP contribution in [0.1, 0.15) is 18.1 Å². The van der Waals surface area contributed by atoms with Gasteiger partial charge in [0.2, 0.25) is 5.91 Å². The second kappa shape index (κ2) is 12.3. The second-order valence-electron chi connectivity index (χ2n) is 8.32. The molecule has 0 saturated heterocycles. The number of aliphatic imine (C=N–C) groups is 2. The minimum Gasteiger partial charge on any atom is -0.382 e. The first kappa shape index (κ1) is 26.9. The van der Waals surface area contributed by atoms with E-state index in [0.29, 0.717) is 18.9 Å². The van der Waals surface area contributed by atoms with E-state index in [4.69, 9.17) is 10.7 Å². The summed E-state index contributed by atoms with van der Waals surface area (Å²) in [5.41, 5.74) is 8.46. The molecular formula is C24H31N11O2. The van der Waals surface area contributed by atoms with Crippen LogP contribution in [-0.2, 0) is 22.7 Å². The summed E-state index contributed by atoms with van der Waals surface area (Å²) >= 11 is 0. The van der Waals surface area contributed by atoms with E-state index in [-0.39, 0.29) is 30.5 Å². The molecule has 13 heteroatoms. The van der Waals surface area contributed by atoms with Gasteiger partial charge in [0, 0.05) is 50.9 Å². The Labute approximate surface area is 214 Å². The number of carbonyl (C=O) groups excluding carboxylic acids is 2. The highest BCUT2D eigenvalue weighted by atomic mass is 16.2. The lowest BCUT2D eigenvalue weighted by Crippen LogP contribution is -2.37. The third-order valence-electron chi connectivity index (χ3n) is 5.68. The normalized spacial score (nSPS) is 11.9. The molecule has 0 bridgehead atoms. The highest BCUT2D eigenvalue weighted by Gasteiger charge is 2.18.